The number of nitrogens with one attached hydrogen (secondary N) is 1. The second kappa shape index (κ2) is 9.22. The molecule has 0 spiro atoms. The summed E-state index contributed by atoms with van der Waals surface area (Å²) in [5.41, 5.74) is -2.25. The van der Waals surface area contributed by atoms with Crippen LogP contribution in [0.1, 0.15) is 24.1 Å². The number of aromatic nitrogens is 8. The van der Waals surface area contributed by atoms with Gasteiger partial charge in [-0.3, -0.25) is 0 Å². The molecule has 0 aliphatic heterocycles. The minimum absolute atomic E-state index is 0.0960. The van der Waals surface area contributed by atoms with Gasteiger partial charge in [-0.2, -0.15) is 20.5 Å². The van der Waals surface area contributed by atoms with Gasteiger partial charge in [-0.15, -0.1) is 0 Å². The first-order chi connectivity index (χ1) is 14.4. The molecule has 30 heavy (non-hydrogen) atoms. The van der Waals surface area contributed by atoms with Crippen molar-refractivity contribution in [2.75, 3.05) is 0 Å². The van der Waals surface area contributed by atoms with Crippen molar-refractivity contribution in [2.45, 2.75) is 25.0 Å². The molecule has 0 bridgehead atoms. The number of hydrogen-bond donors (Lipinski definition) is 2. The van der Waals surface area contributed by atoms with Gasteiger partial charge in [-0.05, 0) is 6.07 Å². The monoisotopic (exact) mass is 418 g/mol. The largest absolute Gasteiger partial charge is 0.382 e. The van der Waals surface area contributed by atoms with Crippen LogP contribution < -0.4 is 0 Å². The highest BCUT2D eigenvalue weighted by atomic mass is 19.1. The Morgan fingerprint density at radius 1 is 1.10 bits per heavy atom. The molecule has 156 valence electrons. The third-order valence-electron chi connectivity index (χ3n) is 4.42. The summed E-state index contributed by atoms with van der Waals surface area (Å²) in [5.74, 6) is -3.47. The van der Waals surface area contributed by atoms with Crippen LogP contribution in [-0.2, 0) is 12.1 Å². The predicted octanol–water partition coefficient (Wildman–Crippen LogP) is 1.98. The van der Waals surface area contributed by atoms with Gasteiger partial charge in [0.25, 0.3) is 0 Å². The number of hydrogen-bond acceptors (Lipinski definition) is 7. The lowest BCUT2D eigenvalue weighted by Crippen LogP contribution is -2.39. The number of benzene rings is 1. The van der Waals surface area contributed by atoms with Crippen molar-refractivity contribution in [3.05, 3.63) is 84.5 Å². The number of halogens is 3. The molecule has 0 aliphatic carbocycles. The molecule has 9 nitrogen and oxygen atoms in total. The maximum Gasteiger partial charge on any atom is 0.163 e. The van der Waals surface area contributed by atoms with E-state index in [1.165, 1.54) is 24.3 Å². The molecule has 0 fully saturated rings. The van der Waals surface area contributed by atoms with E-state index < -0.39 is 29.0 Å². The molecule has 1 aromatic carbocycles. The van der Waals surface area contributed by atoms with Crippen molar-refractivity contribution in [3.8, 4) is 0 Å². The van der Waals surface area contributed by atoms with Crippen molar-refractivity contribution < 1.29 is 18.3 Å². The fourth-order valence-electron chi connectivity index (χ4n) is 2.89. The van der Waals surface area contributed by atoms with Crippen LogP contribution in [0, 0.1) is 17.5 Å². The van der Waals surface area contributed by atoms with Crippen LogP contribution in [0.5, 0.6) is 0 Å². The van der Waals surface area contributed by atoms with Crippen molar-refractivity contribution in [1.82, 2.24) is 40.1 Å². The quantitative estimate of drug-likeness (QED) is 0.509. The summed E-state index contributed by atoms with van der Waals surface area (Å²) in [5, 5.41) is 24.5. The van der Waals surface area contributed by atoms with E-state index in [9.17, 15) is 18.3 Å². The molecule has 2 N–H and O–H groups in total. The van der Waals surface area contributed by atoms with Crippen molar-refractivity contribution in [3.63, 3.8) is 0 Å². The molecular weight excluding hydrogens is 401 g/mol. The summed E-state index contributed by atoms with van der Waals surface area (Å²) < 4.78 is 43.0. The summed E-state index contributed by atoms with van der Waals surface area (Å²) in [6.07, 6.45) is 7.83. The van der Waals surface area contributed by atoms with Crippen LogP contribution in [0.25, 0.3) is 0 Å². The van der Waals surface area contributed by atoms with Gasteiger partial charge in [-0.1, -0.05) is 13.0 Å². The van der Waals surface area contributed by atoms with E-state index in [-0.39, 0.29) is 17.8 Å². The molecule has 0 saturated heterocycles. The Kier molecular flexibility index (Phi) is 6.47. The Morgan fingerprint density at radius 2 is 1.87 bits per heavy atom. The first kappa shape index (κ1) is 21.0. The molecule has 0 saturated carbocycles. The molecule has 2 atom stereocenters. The van der Waals surface area contributed by atoms with Crippen LogP contribution in [-0.4, -0.2) is 45.2 Å². The molecule has 0 aliphatic rings. The maximum absolute atomic E-state index is 14.4. The van der Waals surface area contributed by atoms with E-state index in [1.54, 1.807) is 12.4 Å². The average Bonchev–Trinajstić information content (AvgIpc) is 3.44. The zero-order valence-corrected chi connectivity index (χ0v) is 15.7. The van der Waals surface area contributed by atoms with Gasteiger partial charge in [-0.25, -0.2) is 32.8 Å². The highest BCUT2D eigenvalue weighted by Crippen LogP contribution is 2.39. The lowest BCUT2D eigenvalue weighted by Gasteiger charge is -2.34. The normalized spacial score (nSPS) is 13.8. The van der Waals surface area contributed by atoms with Crippen LogP contribution in [0.15, 0.2) is 55.8 Å². The Bertz CT molecular complexity index is 1040. The third kappa shape index (κ3) is 4.66. The van der Waals surface area contributed by atoms with Crippen LogP contribution in [0.4, 0.5) is 13.2 Å². The molecule has 0 amide bonds. The molecular formula is C18H17F3N8O. The SMILES string of the molecule is C[C@@H](c1ncncc1F)[C@](O)(Cn1cncn1)c1ccc(F)cc1F.c1cn[nH]n1. The summed E-state index contributed by atoms with van der Waals surface area (Å²) in [6, 6.07) is 2.80. The highest BCUT2D eigenvalue weighted by molar-refractivity contribution is 5.30. The second-order valence-electron chi connectivity index (χ2n) is 6.28. The Balaban J connectivity index is 0.000000448. The van der Waals surface area contributed by atoms with Crippen molar-refractivity contribution in [1.29, 1.82) is 0 Å². The summed E-state index contributed by atoms with van der Waals surface area (Å²) >= 11 is 0. The number of rotatable bonds is 5. The fraction of sp³-hybridized carbons (Fsp3) is 0.222. The smallest absolute Gasteiger partial charge is 0.163 e. The van der Waals surface area contributed by atoms with Gasteiger partial charge in [0.05, 0.1) is 30.8 Å². The lowest BCUT2D eigenvalue weighted by atomic mass is 9.79. The van der Waals surface area contributed by atoms with Crippen LogP contribution in [0.2, 0.25) is 0 Å². The summed E-state index contributed by atoms with van der Waals surface area (Å²) in [7, 11) is 0. The van der Waals surface area contributed by atoms with E-state index in [2.05, 4.69) is 35.5 Å². The zero-order valence-electron chi connectivity index (χ0n) is 15.7. The zero-order chi connectivity index (χ0) is 21.6. The fourth-order valence-corrected chi connectivity index (χ4v) is 2.89. The minimum Gasteiger partial charge on any atom is -0.382 e. The van der Waals surface area contributed by atoms with Gasteiger partial charge >= 0.3 is 0 Å². The number of nitrogens with zero attached hydrogens (tertiary/aromatic N) is 7. The summed E-state index contributed by atoms with van der Waals surface area (Å²) in [4.78, 5) is 11.2. The predicted molar refractivity (Wildman–Crippen MR) is 97.1 cm³/mol. The first-order valence-electron chi connectivity index (χ1n) is 8.67. The van der Waals surface area contributed by atoms with Gasteiger partial charge in [0.15, 0.2) is 5.82 Å². The van der Waals surface area contributed by atoms with E-state index >= 15 is 0 Å². The van der Waals surface area contributed by atoms with E-state index in [1.807, 2.05) is 0 Å². The molecule has 12 heteroatoms. The number of H-pyrrole nitrogens is 1. The van der Waals surface area contributed by atoms with Gasteiger partial charge < -0.3 is 5.11 Å². The third-order valence-corrected chi connectivity index (χ3v) is 4.42. The summed E-state index contributed by atoms with van der Waals surface area (Å²) in [6.45, 7) is 1.26. The van der Waals surface area contributed by atoms with Crippen molar-refractivity contribution >= 4 is 0 Å². The molecule has 4 rings (SSSR count). The highest BCUT2D eigenvalue weighted by Gasteiger charge is 2.41. The molecule has 0 unspecified atom stereocenters. The Hall–Kier alpha value is -3.67. The van der Waals surface area contributed by atoms with E-state index in [0.717, 1.165) is 24.7 Å². The molecule has 3 aromatic heterocycles. The Labute approximate surface area is 168 Å². The topological polar surface area (TPSA) is 118 Å². The first-order valence-corrected chi connectivity index (χ1v) is 8.67. The molecule has 3 heterocycles. The Morgan fingerprint density at radius 3 is 2.43 bits per heavy atom. The standard InChI is InChI=1S/C16H14F3N5O.C2H3N3/c1-10(15-14(19)5-20-7-22-15)16(25,6-24-9-21-8-23-24)12-3-2-11(17)4-13(12)18;1-2-4-5-3-1/h2-5,7-10,25H,6H2,1H3;1-2H,(H,3,4,5)/t10-,16+;/m0./s1. The van der Waals surface area contributed by atoms with E-state index in [4.69, 9.17) is 0 Å². The van der Waals surface area contributed by atoms with Crippen LogP contribution >= 0.6 is 0 Å². The van der Waals surface area contributed by atoms with Gasteiger partial charge in [0.1, 0.15) is 36.2 Å². The van der Waals surface area contributed by atoms with E-state index in [0.29, 0.717) is 6.07 Å². The maximum atomic E-state index is 14.4. The molecule has 0 radical (unpaired) electrons. The average molecular weight is 418 g/mol. The second-order valence-corrected chi connectivity index (χ2v) is 6.28. The lowest BCUT2D eigenvalue weighted by molar-refractivity contribution is -0.0133. The molecule has 4 aromatic rings. The number of aliphatic hydroxyl groups is 1. The van der Waals surface area contributed by atoms with Crippen LogP contribution in [0.3, 0.4) is 0 Å². The van der Waals surface area contributed by atoms with Gasteiger partial charge in [0, 0.05) is 17.5 Å². The number of aromatic amines is 1. The van der Waals surface area contributed by atoms with Gasteiger partial charge in [0.2, 0.25) is 0 Å². The van der Waals surface area contributed by atoms with Crippen molar-refractivity contribution in [2.24, 2.45) is 0 Å². The minimum atomic E-state index is -1.96.